The highest BCUT2D eigenvalue weighted by molar-refractivity contribution is 5.89. The van der Waals surface area contributed by atoms with E-state index in [2.05, 4.69) is 6.07 Å². The monoisotopic (exact) mass is 388 g/mol. The minimum absolute atomic E-state index is 0.0473. The zero-order valence-corrected chi connectivity index (χ0v) is 17.2. The van der Waals surface area contributed by atoms with Gasteiger partial charge < -0.3 is 14.7 Å². The molecule has 2 fully saturated rings. The molecular formula is C22H32N2O4. The van der Waals surface area contributed by atoms with Crippen LogP contribution in [0.2, 0.25) is 0 Å². The van der Waals surface area contributed by atoms with Gasteiger partial charge in [0, 0.05) is 19.1 Å². The SMILES string of the molecule is COc1cc(C2(C(=O)N3CCCC(N(C)CC(=O)O)CC3)CCC2)ccc1C. The van der Waals surface area contributed by atoms with E-state index in [9.17, 15) is 9.59 Å². The van der Waals surface area contributed by atoms with Crippen LogP contribution in [-0.2, 0) is 15.0 Å². The fourth-order valence-electron chi connectivity index (χ4n) is 4.64. The molecule has 1 saturated heterocycles. The van der Waals surface area contributed by atoms with Crippen molar-refractivity contribution in [3.05, 3.63) is 29.3 Å². The summed E-state index contributed by atoms with van der Waals surface area (Å²) in [6.45, 7) is 3.51. The molecule has 2 aliphatic rings. The Morgan fingerprint density at radius 1 is 1.25 bits per heavy atom. The van der Waals surface area contributed by atoms with Crippen molar-refractivity contribution in [3.63, 3.8) is 0 Å². The van der Waals surface area contributed by atoms with Gasteiger partial charge in [0.2, 0.25) is 5.91 Å². The Hall–Kier alpha value is -2.08. The van der Waals surface area contributed by atoms with Gasteiger partial charge in [-0.3, -0.25) is 14.5 Å². The molecule has 1 aromatic rings. The lowest BCUT2D eigenvalue weighted by Crippen LogP contribution is -2.51. The Labute approximate surface area is 167 Å². The second-order valence-corrected chi connectivity index (χ2v) is 8.31. The van der Waals surface area contributed by atoms with Crippen LogP contribution in [0.3, 0.4) is 0 Å². The molecule has 28 heavy (non-hydrogen) atoms. The number of aryl methyl sites for hydroxylation is 1. The summed E-state index contributed by atoms with van der Waals surface area (Å²) in [5.74, 6) is 0.260. The highest BCUT2D eigenvalue weighted by Gasteiger charge is 2.48. The van der Waals surface area contributed by atoms with Gasteiger partial charge in [-0.05, 0) is 63.3 Å². The zero-order valence-electron chi connectivity index (χ0n) is 17.2. The molecule has 0 bridgehead atoms. The largest absolute Gasteiger partial charge is 0.496 e. The number of carboxylic acid groups (broad SMARTS) is 1. The number of nitrogens with zero attached hydrogens (tertiary/aromatic N) is 2. The predicted molar refractivity (Wildman–Crippen MR) is 108 cm³/mol. The lowest BCUT2D eigenvalue weighted by molar-refractivity contribution is -0.141. The number of likely N-dealkylation sites (tertiary alicyclic amines) is 1. The van der Waals surface area contributed by atoms with Crippen LogP contribution in [0.5, 0.6) is 5.75 Å². The Balaban J connectivity index is 1.74. The van der Waals surface area contributed by atoms with Crippen LogP contribution in [0.1, 0.15) is 49.7 Å². The number of aliphatic carboxylic acids is 1. The molecule has 6 heteroatoms. The zero-order chi connectivity index (χ0) is 20.3. The minimum atomic E-state index is -0.804. The van der Waals surface area contributed by atoms with Crippen LogP contribution in [0.25, 0.3) is 0 Å². The number of methoxy groups -OCH3 is 1. The standard InChI is InChI=1S/C22H32N2O4/c1-16-7-8-17(14-19(16)28-3)22(10-5-11-22)21(27)24-12-4-6-18(9-13-24)23(2)15-20(25)26/h7-8,14,18H,4-6,9-13,15H2,1-3H3,(H,25,26). The van der Waals surface area contributed by atoms with Crippen molar-refractivity contribution in [3.8, 4) is 5.75 Å². The van der Waals surface area contributed by atoms with Crippen LogP contribution >= 0.6 is 0 Å². The van der Waals surface area contributed by atoms with Crippen molar-refractivity contribution in [2.24, 2.45) is 0 Å². The average molecular weight is 389 g/mol. The van der Waals surface area contributed by atoms with E-state index in [0.717, 1.165) is 61.9 Å². The smallest absolute Gasteiger partial charge is 0.317 e. The number of hydrogen-bond acceptors (Lipinski definition) is 4. The number of rotatable bonds is 6. The fourth-order valence-corrected chi connectivity index (χ4v) is 4.64. The van der Waals surface area contributed by atoms with E-state index in [0.29, 0.717) is 6.54 Å². The van der Waals surface area contributed by atoms with E-state index in [1.165, 1.54) is 0 Å². The topological polar surface area (TPSA) is 70.1 Å². The molecule has 1 N–H and O–H groups in total. The van der Waals surface area contributed by atoms with Gasteiger partial charge in [-0.2, -0.15) is 0 Å². The van der Waals surface area contributed by atoms with Gasteiger partial charge in [0.15, 0.2) is 0 Å². The summed E-state index contributed by atoms with van der Waals surface area (Å²) >= 11 is 0. The van der Waals surface area contributed by atoms with Crippen LogP contribution in [-0.4, -0.2) is 66.6 Å². The maximum absolute atomic E-state index is 13.6. The average Bonchev–Trinajstić information content (AvgIpc) is 2.87. The first-order valence-corrected chi connectivity index (χ1v) is 10.2. The Morgan fingerprint density at radius 2 is 2.00 bits per heavy atom. The maximum Gasteiger partial charge on any atom is 0.317 e. The van der Waals surface area contributed by atoms with Gasteiger partial charge in [0.1, 0.15) is 5.75 Å². The summed E-state index contributed by atoms with van der Waals surface area (Å²) in [5.41, 5.74) is 1.72. The third kappa shape index (κ3) is 4.02. The van der Waals surface area contributed by atoms with E-state index >= 15 is 0 Å². The fraction of sp³-hybridized carbons (Fsp3) is 0.636. The Morgan fingerprint density at radius 3 is 2.61 bits per heavy atom. The van der Waals surface area contributed by atoms with Gasteiger partial charge in [0.05, 0.1) is 19.1 Å². The number of amides is 1. The molecule has 0 radical (unpaired) electrons. The van der Waals surface area contributed by atoms with Gasteiger partial charge in [-0.1, -0.05) is 18.6 Å². The number of carboxylic acids is 1. The first kappa shape index (κ1) is 20.6. The van der Waals surface area contributed by atoms with Crippen molar-refractivity contribution in [2.75, 3.05) is 33.8 Å². The molecule has 0 spiro atoms. The third-order valence-electron chi connectivity index (χ3n) is 6.57. The van der Waals surface area contributed by atoms with Crippen molar-refractivity contribution >= 4 is 11.9 Å². The lowest BCUT2D eigenvalue weighted by atomic mass is 9.63. The summed E-state index contributed by atoms with van der Waals surface area (Å²) in [5, 5.41) is 9.04. The lowest BCUT2D eigenvalue weighted by Gasteiger charge is -2.44. The molecule has 3 rings (SSSR count). The first-order chi connectivity index (χ1) is 13.4. The van der Waals surface area contributed by atoms with Crippen LogP contribution in [0.15, 0.2) is 18.2 Å². The molecule has 1 saturated carbocycles. The van der Waals surface area contributed by atoms with E-state index in [1.807, 2.05) is 35.9 Å². The van der Waals surface area contributed by atoms with Gasteiger partial charge in [0.25, 0.3) is 0 Å². The number of ether oxygens (including phenoxy) is 1. The van der Waals surface area contributed by atoms with E-state index in [4.69, 9.17) is 9.84 Å². The molecule has 1 heterocycles. The van der Waals surface area contributed by atoms with Crippen molar-refractivity contribution in [2.45, 2.75) is 56.9 Å². The van der Waals surface area contributed by atoms with Crippen LogP contribution in [0, 0.1) is 6.92 Å². The number of likely N-dealkylation sites (N-methyl/N-ethyl adjacent to an activating group) is 1. The minimum Gasteiger partial charge on any atom is -0.496 e. The number of benzene rings is 1. The molecule has 1 amide bonds. The molecular weight excluding hydrogens is 356 g/mol. The molecule has 1 aromatic carbocycles. The summed E-state index contributed by atoms with van der Waals surface area (Å²) in [4.78, 5) is 28.5. The maximum atomic E-state index is 13.6. The Kier molecular flexibility index (Phi) is 6.28. The molecule has 0 aromatic heterocycles. The summed E-state index contributed by atoms with van der Waals surface area (Å²) in [7, 11) is 3.53. The normalized spacial score (nSPS) is 21.7. The second kappa shape index (κ2) is 8.52. The highest BCUT2D eigenvalue weighted by Crippen LogP contribution is 2.46. The predicted octanol–water partition coefficient (Wildman–Crippen LogP) is 2.82. The number of carbonyl (C=O) groups excluding carboxylic acids is 1. The van der Waals surface area contributed by atoms with Crippen molar-refractivity contribution < 1.29 is 19.4 Å². The molecule has 1 aliphatic carbocycles. The summed E-state index contributed by atoms with van der Waals surface area (Å²) in [6, 6.07) is 6.37. The van der Waals surface area contributed by atoms with Crippen molar-refractivity contribution in [1.82, 2.24) is 9.80 Å². The van der Waals surface area contributed by atoms with Gasteiger partial charge in [-0.15, -0.1) is 0 Å². The van der Waals surface area contributed by atoms with Crippen molar-refractivity contribution in [1.29, 1.82) is 0 Å². The van der Waals surface area contributed by atoms with E-state index in [1.54, 1.807) is 7.11 Å². The molecule has 1 unspecified atom stereocenters. The summed E-state index contributed by atoms with van der Waals surface area (Å²) in [6.07, 6.45) is 5.50. The quantitative estimate of drug-likeness (QED) is 0.811. The Bertz CT molecular complexity index is 729. The third-order valence-corrected chi connectivity index (χ3v) is 6.57. The second-order valence-electron chi connectivity index (χ2n) is 8.31. The molecule has 1 aliphatic heterocycles. The molecule has 6 nitrogen and oxygen atoms in total. The summed E-state index contributed by atoms with van der Waals surface area (Å²) < 4.78 is 5.49. The van der Waals surface area contributed by atoms with Gasteiger partial charge >= 0.3 is 5.97 Å². The van der Waals surface area contributed by atoms with Gasteiger partial charge in [-0.25, -0.2) is 0 Å². The van der Waals surface area contributed by atoms with E-state index < -0.39 is 11.4 Å². The van der Waals surface area contributed by atoms with Crippen LogP contribution < -0.4 is 4.74 Å². The number of hydrogen-bond donors (Lipinski definition) is 1. The molecule has 154 valence electrons. The van der Waals surface area contributed by atoms with E-state index in [-0.39, 0.29) is 18.5 Å². The first-order valence-electron chi connectivity index (χ1n) is 10.2. The highest BCUT2D eigenvalue weighted by atomic mass is 16.5. The number of carbonyl (C=O) groups is 2. The van der Waals surface area contributed by atoms with Crippen LogP contribution in [0.4, 0.5) is 0 Å². The molecule has 1 atom stereocenters.